The van der Waals surface area contributed by atoms with Crippen molar-refractivity contribution < 1.29 is 23.8 Å². The molecule has 0 radical (unpaired) electrons. The van der Waals surface area contributed by atoms with E-state index >= 15 is 0 Å². The fourth-order valence-corrected chi connectivity index (χ4v) is 4.15. The maximum Gasteiger partial charge on any atom is 0.415 e. The molecule has 2 aliphatic rings. The van der Waals surface area contributed by atoms with E-state index in [2.05, 4.69) is 32.7 Å². The molecule has 0 unspecified atom stereocenters. The summed E-state index contributed by atoms with van der Waals surface area (Å²) in [4.78, 5) is 34.0. The Morgan fingerprint density at radius 2 is 2.05 bits per heavy atom. The molecule has 0 aliphatic carbocycles. The van der Waals surface area contributed by atoms with Gasteiger partial charge in [-0.05, 0) is 53.9 Å². The van der Waals surface area contributed by atoms with E-state index in [4.69, 9.17) is 19.9 Å². The van der Waals surface area contributed by atoms with E-state index in [0.29, 0.717) is 62.5 Å². The Labute approximate surface area is 213 Å². The van der Waals surface area contributed by atoms with Gasteiger partial charge >= 0.3 is 6.09 Å². The zero-order valence-electron chi connectivity index (χ0n) is 20.2. The number of amides is 2. The standard InChI is InChI=1S/C26H28N6O5/c27-8-11-35-24-13-19(6-10-29-24)18-3-1-2-17(12-18)14-28-9-7-20-15-32(26(34)37-20)22-5-4-21-25(30-22)31-23(33)16-36-21/h1-6,10,12-13,20,28H,7-9,11,14-16,27H2,(H,30,31,33)/t20-/m0/s1. The van der Waals surface area contributed by atoms with E-state index in [9.17, 15) is 9.59 Å². The first-order valence-corrected chi connectivity index (χ1v) is 12.1. The van der Waals surface area contributed by atoms with Crippen molar-refractivity contribution in [3.63, 3.8) is 0 Å². The number of hydrogen-bond acceptors (Lipinski definition) is 9. The van der Waals surface area contributed by atoms with E-state index in [1.165, 1.54) is 4.90 Å². The Balaban J connectivity index is 1.12. The van der Waals surface area contributed by atoms with E-state index in [-0.39, 0.29) is 18.6 Å². The molecule has 37 heavy (non-hydrogen) atoms. The van der Waals surface area contributed by atoms with Crippen molar-refractivity contribution in [1.82, 2.24) is 15.3 Å². The first kappa shape index (κ1) is 24.5. The van der Waals surface area contributed by atoms with Gasteiger partial charge in [0.15, 0.2) is 18.2 Å². The highest BCUT2D eigenvalue weighted by molar-refractivity contribution is 5.95. The predicted octanol–water partition coefficient (Wildman–Crippen LogP) is 2.32. The van der Waals surface area contributed by atoms with Gasteiger partial charge < -0.3 is 30.6 Å². The number of cyclic esters (lactones) is 1. The molecular formula is C26H28N6O5. The second kappa shape index (κ2) is 11.2. The monoisotopic (exact) mass is 504 g/mol. The van der Waals surface area contributed by atoms with Gasteiger partial charge in [0, 0.05) is 25.4 Å². The van der Waals surface area contributed by atoms with Crippen molar-refractivity contribution in [2.45, 2.75) is 19.1 Å². The number of aromatic nitrogens is 2. The fourth-order valence-electron chi connectivity index (χ4n) is 4.15. The second-order valence-corrected chi connectivity index (χ2v) is 8.66. The molecule has 4 N–H and O–H groups in total. The Bertz CT molecular complexity index is 1290. The Morgan fingerprint density at radius 3 is 2.95 bits per heavy atom. The van der Waals surface area contributed by atoms with Crippen molar-refractivity contribution in [3.05, 3.63) is 60.3 Å². The number of rotatable bonds is 10. The maximum atomic E-state index is 12.4. The molecule has 2 aromatic heterocycles. The topological polar surface area (TPSA) is 141 Å². The molecule has 0 spiro atoms. The summed E-state index contributed by atoms with van der Waals surface area (Å²) in [7, 11) is 0. The largest absolute Gasteiger partial charge is 0.480 e. The maximum absolute atomic E-state index is 12.4. The highest BCUT2D eigenvalue weighted by Crippen LogP contribution is 2.30. The number of nitrogens with zero attached hydrogens (tertiary/aromatic N) is 3. The fraction of sp³-hybridized carbons (Fsp3) is 0.308. The average molecular weight is 505 g/mol. The molecule has 3 aromatic rings. The molecule has 4 heterocycles. The van der Waals surface area contributed by atoms with Crippen molar-refractivity contribution >= 4 is 23.6 Å². The van der Waals surface area contributed by atoms with Crippen LogP contribution in [0.5, 0.6) is 11.6 Å². The normalized spacial score (nSPS) is 16.6. The number of pyridine rings is 2. The minimum Gasteiger partial charge on any atom is -0.480 e. The van der Waals surface area contributed by atoms with Gasteiger partial charge in [0.2, 0.25) is 5.88 Å². The minimum absolute atomic E-state index is 0.0476. The van der Waals surface area contributed by atoms with Crippen LogP contribution >= 0.6 is 0 Å². The predicted molar refractivity (Wildman–Crippen MR) is 137 cm³/mol. The SMILES string of the molecule is NCCOc1cc(-c2cccc(CNCC[C@H]3CN(c4ccc5c(n4)NC(=O)CO5)C(=O)O3)c2)ccn1. The summed E-state index contributed by atoms with van der Waals surface area (Å²) in [6, 6.07) is 15.5. The Hall–Kier alpha value is -4.22. The average Bonchev–Trinajstić information content (AvgIpc) is 3.30. The lowest BCUT2D eigenvalue weighted by Crippen LogP contribution is -2.29. The summed E-state index contributed by atoms with van der Waals surface area (Å²) in [5, 5.41) is 6.08. The molecule has 11 nitrogen and oxygen atoms in total. The van der Waals surface area contributed by atoms with Gasteiger partial charge in [0.25, 0.3) is 5.91 Å². The molecule has 1 aromatic carbocycles. The number of nitrogens with two attached hydrogens (primary N) is 1. The second-order valence-electron chi connectivity index (χ2n) is 8.66. The summed E-state index contributed by atoms with van der Waals surface area (Å²) in [6.07, 6.45) is 1.65. The zero-order valence-corrected chi connectivity index (χ0v) is 20.2. The van der Waals surface area contributed by atoms with Gasteiger partial charge in [-0.2, -0.15) is 0 Å². The van der Waals surface area contributed by atoms with Gasteiger partial charge in [-0.1, -0.05) is 18.2 Å². The molecule has 5 rings (SSSR count). The van der Waals surface area contributed by atoms with E-state index < -0.39 is 6.09 Å². The number of nitrogens with one attached hydrogen (secondary N) is 2. The van der Waals surface area contributed by atoms with Crippen molar-refractivity contribution in [2.75, 3.05) is 43.1 Å². The van der Waals surface area contributed by atoms with Crippen LogP contribution in [0.1, 0.15) is 12.0 Å². The summed E-state index contributed by atoms with van der Waals surface area (Å²) in [5.41, 5.74) is 8.72. The van der Waals surface area contributed by atoms with Crippen LogP contribution in [0, 0.1) is 0 Å². The lowest BCUT2D eigenvalue weighted by Gasteiger charge is -2.19. The molecule has 1 atom stereocenters. The molecule has 1 fully saturated rings. The molecule has 1 saturated heterocycles. The Kier molecular flexibility index (Phi) is 7.43. The third kappa shape index (κ3) is 5.96. The van der Waals surface area contributed by atoms with Crippen LogP contribution in [0.3, 0.4) is 0 Å². The zero-order chi connectivity index (χ0) is 25.6. The van der Waals surface area contributed by atoms with Gasteiger partial charge in [-0.3, -0.25) is 9.69 Å². The molecule has 2 aliphatic heterocycles. The summed E-state index contributed by atoms with van der Waals surface area (Å²) < 4.78 is 16.4. The summed E-state index contributed by atoms with van der Waals surface area (Å²) in [5.74, 6) is 1.47. The summed E-state index contributed by atoms with van der Waals surface area (Å²) >= 11 is 0. The first-order valence-electron chi connectivity index (χ1n) is 12.1. The van der Waals surface area contributed by atoms with Crippen LogP contribution in [-0.2, 0) is 16.1 Å². The van der Waals surface area contributed by atoms with Gasteiger partial charge in [0.05, 0.1) is 6.54 Å². The molecule has 0 bridgehead atoms. The van der Waals surface area contributed by atoms with Gasteiger partial charge in [0.1, 0.15) is 18.5 Å². The number of hydrogen-bond donors (Lipinski definition) is 3. The molecular weight excluding hydrogens is 476 g/mol. The highest BCUT2D eigenvalue weighted by Gasteiger charge is 2.33. The molecule has 0 saturated carbocycles. The molecule has 2 amide bonds. The number of fused-ring (bicyclic) bond motifs is 1. The minimum atomic E-state index is -0.458. The van der Waals surface area contributed by atoms with Crippen LogP contribution in [-0.4, -0.2) is 60.9 Å². The van der Waals surface area contributed by atoms with Crippen LogP contribution < -0.4 is 30.7 Å². The highest BCUT2D eigenvalue weighted by atomic mass is 16.6. The van der Waals surface area contributed by atoms with Gasteiger partial charge in [-0.25, -0.2) is 14.8 Å². The van der Waals surface area contributed by atoms with Crippen LogP contribution in [0.2, 0.25) is 0 Å². The van der Waals surface area contributed by atoms with Crippen molar-refractivity contribution in [1.29, 1.82) is 0 Å². The summed E-state index contributed by atoms with van der Waals surface area (Å²) in [6.45, 7) is 2.54. The molecule has 11 heteroatoms. The van der Waals surface area contributed by atoms with Crippen LogP contribution in [0.15, 0.2) is 54.7 Å². The number of benzene rings is 1. The lowest BCUT2D eigenvalue weighted by molar-refractivity contribution is -0.118. The van der Waals surface area contributed by atoms with E-state index in [1.807, 2.05) is 24.3 Å². The molecule has 192 valence electrons. The van der Waals surface area contributed by atoms with Gasteiger partial charge in [-0.15, -0.1) is 0 Å². The first-order chi connectivity index (χ1) is 18.1. The smallest absolute Gasteiger partial charge is 0.415 e. The third-order valence-corrected chi connectivity index (χ3v) is 5.95. The van der Waals surface area contributed by atoms with E-state index in [1.54, 1.807) is 18.3 Å². The van der Waals surface area contributed by atoms with Crippen LogP contribution in [0.25, 0.3) is 11.1 Å². The number of carbonyl (C=O) groups excluding carboxylic acids is 2. The number of anilines is 2. The quantitative estimate of drug-likeness (QED) is 0.355. The van der Waals surface area contributed by atoms with Crippen molar-refractivity contribution in [3.8, 4) is 22.8 Å². The van der Waals surface area contributed by atoms with Crippen LogP contribution in [0.4, 0.5) is 16.4 Å². The van der Waals surface area contributed by atoms with Crippen molar-refractivity contribution in [2.24, 2.45) is 5.73 Å². The third-order valence-electron chi connectivity index (χ3n) is 5.95. The van der Waals surface area contributed by atoms with E-state index in [0.717, 1.165) is 16.7 Å². The lowest BCUT2D eigenvalue weighted by atomic mass is 10.0. The number of ether oxygens (including phenoxy) is 3. The number of carbonyl (C=O) groups is 2. The Morgan fingerprint density at radius 1 is 1.16 bits per heavy atom.